The summed E-state index contributed by atoms with van der Waals surface area (Å²) in [6, 6.07) is 2.56. The van der Waals surface area contributed by atoms with Gasteiger partial charge in [0, 0.05) is 88.7 Å². The predicted octanol–water partition coefficient (Wildman–Crippen LogP) is 3.43. The van der Waals surface area contributed by atoms with Gasteiger partial charge in [0.2, 0.25) is 11.6 Å². The first-order valence-corrected chi connectivity index (χ1v) is 23.0. The molecule has 1 spiro atoms. The van der Waals surface area contributed by atoms with Crippen molar-refractivity contribution in [1.82, 2.24) is 29.9 Å². The van der Waals surface area contributed by atoms with E-state index in [9.17, 15) is 38.7 Å². The number of hydrogen-bond donors (Lipinski definition) is 3. The summed E-state index contributed by atoms with van der Waals surface area (Å²) < 4.78 is 40.2. The van der Waals surface area contributed by atoms with E-state index in [4.69, 9.17) is 33.2 Å². The largest absolute Gasteiger partial charge is 0.492 e. The second-order valence-electron chi connectivity index (χ2n) is 18.7. The molecule has 1 aromatic heterocycles. The second kappa shape index (κ2) is 20.4. The van der Waals surface area contributed by atoms with Gasteiger partial charge in [-0.3, -0.25) is 23.9 Å². The molecule has 0 radical (unpaired) electrons. The highest BCUT2D eigenvalue weighted by molar-refractivity contribution is 6.25. The molecule has 2 fully saturated rings. The standard InChI is InChI=1S/C48H62N6O15/c1-9-17-53-18-14-47-37-29-10-11-33(40(37)68-41(47)31(55)12-13-48(47,62)35(53)25-29)67-45(61)52(7)20-19-51(6)44(60)66-27-30-28(2)54(38-32(56)26-34(63-8)39(57)36(30)38)42(58)49-15-21-64-23-24-65-22-16-50-43(59)69-46(3,4)5/h9-11,26,35,41,62H,1,12-25,27H2,2-8H3,(H,49,58)(H,50,59)/t35-,41+,47+,48-/m1/s1. The molecule has 3 N–H and O–H groups in total. The minimum atomic E-state index is -1.22. The highest BCUT2D eigenvalue weighted by atomic mass is 16.6. The van der Waals surface area contributed by atoms with Crippen molar-refractivity contribution in [3.8, 4) is 11.5 Å². The van der Waals surface area contributed by atoms with Crippen LogP contribution in [0.3, 0.4) is 0 Å². The average Bonchev–Trinajstić information content (AvgIpc) is 3.81. The maximum Gasteiger partial charge on any atom is 0.415 e. The molecule has 3 aliphatic carbocycles. The number of likely N-dealkylation sites (N-methyl/N-ethyl adjacent to an activating group) is 2. The Balaban J connectivity index is 0.924. The highest BCUT2D eigenvalue weighted by Crippen LogP contribution is 2.65. The van der Waals surface area contributed by atoms with Gasteiger partial charge in [-0.1, -0.05) is 12.1 Å². The van der Waals surface area contributed by atoms with Gasteiger partial charge >= 0.3 is 24.3 Å². The van der Waals surface area contributed by atoms with Gasteiger partial charge in [-0.2, -0.15) is 0 Å². The van der Waals surface area contributed by atoms with Gasteiger partial charge in [0.1, 0.15) is 17.9 Å². The lowest BCUT2D eigenvalue weighted by Gasteiger charge is -2.62. The van der Waals surface area contributed by atoms with Crippen molar-refractivity contribution in [3.63, 3.8) is 0 Å². The van der Waals surface area contributed by atoms with E-state index in [1.165, 1.54) is 37.9 Å². The summed E-state index contributed by atoms with van der Waals surface area (Å²) in [4.78, 5) is 97.1. The number of rotatable bonds is 18. The normalized spacial score (nSPS) is 22.1. The zero-order chi connectivity index (χ0) is 50.0. The molecule has 5 aliphatic rings. The summed E-state index contributed by atoms with van der Waals surface area (Å²) >= 11 is 0. The molecule has 1 aromatic carbocycles. The van der Waals surface area contributed by atoms with Gasteiger partial charge in [-0.25, -0.2) is 19.2 Å². The minimum Gasteiger partial charge on any atom is -0.492 e. The summed E-state index contributed by atoms with van der Waals surface area (Å²) in [5, 5.41) is 17.7. The fourth-order valence-electron chi connectivity index (χ4n) is 10.1. The van der Waals surface area contributed by atoms with E-state index >= 15 is 0 Å². The first-order chi connectivity index (χ1) is 32.8. The monoisotopic (exact) mass is 962 g/mol. The predicted molar refractivity (Wildman–Crippen MR) is 245 cm³/mol. The van der Waals surface area contributed by atoms with Gasteiger partial charge in [0.25, 0.3) is 0 Å². The van der Waals surface area contributed by atoms with E-state index < -0.39 is 65.2 Å². The van der Waals surface area contributed by atoms with Crippen molar-refractivity contribution in [2.24, 2.45) is 0 Å². The van der Waals surface area contributed by atoms with Gasteiger partial charge in [0.05, 0.1) is 50.1 Å². The number of amides is 4. The van der Waals surface area contributed by atoms with E-state index in [1.54, 1.807) is 26.8 Å². The first kappa shape index (κ1) is 50.6. The van der Waals surface area contributed by atoms with Crippen molar-refractivity contribution in [3.05, 3.63) is 70.3 Å². The van der Waals surface area contributed by atoms with Crippen LogP contribution in [0.2, 0.25) is 0 Å². The number of hydrogen-bond acceptors (Lipinski definition) is 16. The molecule has 7 rings (SSSR count). The first-order valence-electron chi connectivity index (χ1n) is 23.0. The summed E-state index contributed by atoms with van der Waals surface area (Å²) in [6.07, 6.45) is 1.27. The minimum absolute atomic E-state index is 0.00120. The average molecular weight is 963 g/mol. The van der Waals surface area contributed by atoms with Crippen molar-refractivity contribution >= 4 is 41.7 Å². The van der Waals surface area contributed by atoms with E-state index in [-0.39, 0.29) is 111 Å². The number of aromatic nitrogens is 1. The van der Waals surface area contributed by atoms with E-state index in [1.807, 2.05) is 12.1 Å². The summed E-state index contributed by atoms with van der Waals surface area (Å²) in [5.41, 5.74) is -1.19. The molecule has 3 heterocycles. The highest BCUT2D eigenvalue weighted by Gasteiger charge is 2.73. The Bertz CT molecular complexity index is 2440. The number of carbonyl (C=O) groups is 7. The molecule has 2 aromatic rings. The summed E-state index contributed by atoms with van der Waals surface area (Å²) in [5.74, 6) is -1.27. The molecule has 1 saturated carbocycles. The summed E-state index contributed by atoms with van der Waals surface area (Å²) in [7, 11) is 4.17. The van der Waals surface area contributed by atoms with E-state index in [0.29, 0.717) is 32.4 Å². The lowest BCUT2D eigenvalue weighted by Crippen LogP contribution is -2.76. The van der Waals surface area contributed by atoms with Crippen LogP contribution in [-0.4, -0.2) is 176 Å². The van der Waals surface area contributed by atoms with Crippen LogP contribution in [0, 0.1) is 6.92 Å². The van der Waals surface area contributed by atoms with E-state index in [2.05, 4.69) is 22.1 Å². The molecule has 4 amide bonds. The summed E-state index contributed by atoms with van der Waals surface area (Å²) in [6.45, 7) is 12.5. The van der Waals surface area contributed by atoms with Gasteiger partial charge in [-0.15, -0.1) is 6.58 Å². The number of alkyl carbamates (subject to hydrolysis) is 1. The van der Waals surface area contributed by atoms with Crippen molar-refractivity contribution in [2.75, 3.05) is 86.9 Å². The SMILES string of the molecule is C=CCN1CC[C@]23c4c5ccc(OC(=O)N(C)CCN(C)C(=O)OCc6c7c(n(C(=O)NCCOCCOCCNC(=O)OC(C)(C)C)c6C)C(=O)C=C(OC)C7=O)c4O[C@H]2C(=O)CC[C@@]3(O)[C@H]1C5. The Morgan fingerprint density at radius 2 is 1.67 bits per heavy atom. The number of likely N-dealkylation sites (tertiary alicyclic amines) is 1. The number of allylic oxidation sites excluding steroid dienone is 2. The third kappa shape index (κ3) is 9.69. The molecular weight excluding hydrogens is 901 g/mol. The smallest absolute Gasteiger partial charge is 0.415 e. The molecule has 2 bridgehead atoms. The van der Waals surface area contributed by atoms with Crippen LogP contribution in [0.15, 0.2) is 36.6 Å². The van der Waals surface area contributed by atoms with Crippen molar-refractivity contribution in [1.29, 1.82) is 0 Å². The quantitative estimate of drug-likeness (QED) is 0.143. The number of ether oxygens (including phenoxy) is 7. The fraction of sp³-hybridized carbons (Fsp3) is 0.562. The molecule has 21 heteroatoms. The molecule has 21 nitrogen and oxygen atoms in total. The number of ketones is 3. The number of methoxy groups -OCH3 is 1. The van der Waals surface area contributed by atoms with Gasteiger partial charge in [0.15, 0.2) is 29.1 Å². The molecule has 2 aliphatic heterocycles. The maximum absolute atomic E-state index is 13.6. The molecular formula is C48H62N6O15. The zero-order valence-electron chi connectivity index (χ0n) is 40.2. The number of carbonyl (C=O) groups excluding carboxylic acids is 7. The Kier molecular flexibility index (Phi) is 14.9. The molecule has 374 valence electrons. The lowest BCUT2D eigenvalue weighted by atomic mass is 9.49. The molecule has 1 saturated heterocycles. The molecule has 4 atom stereocenters. The van der Waals surface area contributed by atoms with Crippen LogP contribution in [0.25, 0.3) is 0 Å². The van der Waals surface area contributed by atoms with Crippen LogP contribution in [-0.2, 0) is 46.9 Å². The number of fused-ring (bicyclic) bond motifs is 1. The van der Waals surface area contributed by atoms with Crippen LogP contribution < -0.4 is 20.1 Å². The molecule has 0 unspecified atom stereocenters. The van der Waals surface area contributed by atoms with E-state index in [0.717, 1.165) is 21.8 Å². The number of nitrogens with one attached hydrogen (secondary N) is 2. The van der Waals surface area contributed by atoms with Gasteiger partial charge < -0.3 is 58.7 Å². The second-order valence-corrected chi connectivity index (χ2v) is 18.7. The van der Waals surface area contributed by atoms with Crippen molar-refractivity contribution < 1.29 is 71.8 Å². The fourth-order valence-corrected chi connectivity index (χ4v) is 10.1. The lowest BCUT2D eigenvalue weighted by molar-refractivity contribution is -0.187. The zero-order valence-corrected chi connectivity index (χ0v) is 40.2. The number of Topliss-reactive ketones (excluding diaryl/α,β-unsaturated/α-hetero) is 2. The van der Waals surface area contributed by atoms with Crippen LogP contribution in [0.5, 0.6) is 11.5 Å². The molecule has 69 heavy (non-hydrogen) atoms. The number of benzene rings is 1. The number of nitrogens with zero attached hydrogens (tertiary/aromatic N) is 4. The Hall–Kier alpha value is -6.29. The van der Waals surface area contributed by atoms with Gasteiger partial charge in [-0.05, 0) is 58.6 Å². The third-order valence-corrected chi connectivity index (χ3v) is 13.4. The van der Waals surface area contributed by atoms with Crippen LogP contribution >= 0.6 is 0 Å². The number of aliphatic hydroxyl groups is 1. The Morgan fingerprint density at radius 3 is 2.33 bits per heavy atom. The maximum atomic E-state index is 13.6. The number of piperidine rings is 1. The van der Waals surface area contributed by atoms with Crippen molar-refractivity contribution in [2.45, 2.75) is 88.7 Å². The Morgan fingerprint density at radius 1 is 0.986 bits per heavy atom. The van der Waals surface area contributed by atoms with Crippen LogP contribution in [0.4, 0.5) is 19.2 Å². The van der Waals surface area contributed by atoms with Crippen LogP contribution in [0.1, 0.15) is 83.3 Å². The third-order valence-electron chi connectivity index (χ3n) is 13.4. The Labute approximate surface area is 399 Å². The topological polar surface area (TPSA) is 243 Å².